The summed E-state index contributed by atoms with van der Waals surface area (Å²) in [5, 5.41) is 2.82. The fourth-order valence-electron chi connectivity index (χ4n) is 2.00. The van der Waals surface area contributed by atoms with Gasteiger partial charge in [-0.05, 0) is 48.9 Å². The maximum Gasteiger partial charge on any atom is 0.337 e. The van der Waals surface area contributed by atoms with Crippen molar-refractivity contribution in [2.45, 2.75) is 6.92 Å². The number of ether oxygens (including phenoxy) is 2. The maximum atomic E-state index is 12.3. The molecular formula is C17H17NO4. The summed E-state index contributed by atoms with van der Waals surface area (Å²) < 4.78 is 9.78. The van der Waals surface area contributed by atoms with Gasteiger partial charge in [-0.3, -0.25) is 4.79 Å². The zero-order valence-corrected chi connectivity index (χ0v) is 12.7. The Morgan fingerprint density at radius 1 is 1.00 bits per heavy atom. The lowest BCUT2D eigenvalue weighted by Gasteiger charge is -2.10. The minimum absolute atomic E-state index is 0.293. The highest BCUT2D eigenvalue weighted by Crippen LogP contribution is 2.21. The van der Waals surface area contributed by atoms with Gasteiger partial charge in [-0.25, -0.2) is 4.79 Å². The summed E-state index contributed by atoms with van der Waals surface area (Å²) in [6.07, 6.45) is 0. The molecule has 0 aliphatic carbocycles. The minimum Gasteiger partial charge on any atom is -0.497 e. The first kappa shape index (κ1) is 15.6. The molecule has 0 saturated carbocycles. The van der Waals surface area contributed by atoms with Gasteiger partial charge in [0, 0.05) is 11.3 Å². The number of hydrogen-bond donors (Lipinski definition) is 1. The van der Waals surface area contributed by atoms with Crippen LogP contribution in [0.3, 0.4) is 0 Å². The van der Waals surface area contributed by atoms with Gasteiger partial charge in [0.15, 0.2) is 0 Å². The van der Waals surface area contributed by atoms with E-state index in [1.165, 1.54) is 13.2 Å². The fourth-order valence-corrected chi connectivity index (χ4v) is 2.00. The molecule has 0 aliphatic heterocycles. The highest BCUT2D eigenvalue weighted by atomic mass is 16.5. The molecule has 2 rings (SSSR count). The summed E-state index contributed by atoms with van der Waals surface area (Å²) in [6.45, 7) is 1.88. The molecule has 0 bridgehead atoms. The van der Waals surface area contributed by atoms with Crippen molar-refractivity contribution in [1.29, 1.82) is 0 Å². The Morgan fingerprint density at radius 2 is 1.73 bits per heavy atom. The van der Waals surface area contributed by atoms with E-state index in [0.29, 0.717) is 16.8 Å². The molecular weight excluding hydrogens is 282 g/mol. The molecule has 0 atom stereocenters. The van der Waals surface area contributed by atoms with Crippen LogP contribution in [0.15, 0.2) is 42.5 Å². The quantitative estimate of drug-likeness (QED) is 0.881. The van der Waals surface area contributed by atoms with Crippen LogP contribution in [0.4, 0.5) is 5.69 Å². The minimum atomic E-state index is -0.477. The zero-order chi connectivity index (χ0) is 16.1. The van der Waals surface area contributed by atoms with Crippen LogP contribution in [-0.4, -0.2) is 26.1 Å². The zero-order valence-electron chi connectivity index (χ0n) is 12.7. The average molecular weight is 299 g/mol. The van der Waals surface area contributed by atoms with Crippen LogP contribution in [0, 0.1) is 6.92 Å². The van der Waals surface area contributed by atoms with Crippen molar-refractivity contribution in [1.82, 2.24) is 0 Å². The first-order chi connectivity index (χ1) is 10.5. The van der Waals surface area contributed by atoms with Crippen LogP contribution in [0.2, 0.25) is 0 Å². The molecule has 0 fully saturated rings. The van der Waals surface area contributed by atoms with Crippen LogP contribution in [0.5, 0.6) is 5.75 Å². The Kier molecular flexibility index (Phi) is 4.78. The monoisotopic (exact) mass is 299 g/mol. The lowest BCUT2D eigenvalue weighted by Crippen LogP contribution is -2.14. The molecule has 0 unspecified atom stereocenters. The fraction of sp³-hybridized carbons (Fsp3) is 0.176. The van der Waals surface area contributed by atoms with E-state index in [0.717, 1.165) is 11.3 Å². The molecule has 2 aromatic rings. The standard InChI is InChI=1S/C17H17NO4/c1-11-9-14(21-2)7-8-15(11)18-16(19)12-5-4-6-13(10-12)17(20)22-3/h4-10H,1-3H3,(H,18,19). The Hall–Kier alpha value is -2.82. The third-order valence-corrected chi connectivity index (χ3v) is 3.23. The summed E-state index contributed by atoms with van der Waals surface area (Å²) >= 11 is 0. The van der Waals surface area contributed by atoms with Gasteiger partial charge in [-0.15, -0.1) is 0 Å². The number of amides is 1. The molecule has 0 aromatic heterocycles. The van der Waals surface area contributed by atoms with Gasteiger partial charge in [0.1, 0.15) is 5.75 Å². The molecule has 0 spiro atoms. The van der Waals surface area contributed by atoms with Gasteiger partial charge in [-0.2, -0.15) is 0 Å². The number of hydrogen-bond acceptors (Lipinski definition) is 4. The van der Waals surface area contributed by atoms with E-state index >= 15 is 0 Å². The molecule has 0 radical (unpaired) electrons. The van der Waals surface area contributed by atoms with Gasteiger partial charge in [0.05, 0.1) is 19.8 Å². The van der Waals surface area contributed by atoms with Gasteiger partial charge < -0.3 is 14.8 Å². The number of anilines is 1. The summed E-state index contributed by atoms with van der Waals surface area (Å²) in [5.74, 6) is -0.0440. The number of benzene rings is 2. The Morgan fingerprint density at radius 3 is 2.36 bits per heavy atom. The van der Waals surface area contributed by atoms with E-state index in [9.17, 15) is 9.59 Å². The Bertz CT molecular complexity index is 710. The van der Waals surface area contributed by atoms with E-state index in [-0.39, 0.29) is 5.91 Å². The first-order valence-electron chi connectivity index (χ1n) is 6.69. The Labute approximate surface area is 128 Å². The molecule has 5 heteroatoms. The maximum absolute atomic E-state index is 12.3. The van der Waals surface area contributed by atoms with E-state index < -0.39 is 5.97 Å². The lowest BCUT2D eigenvalue weighted by molar-refractivity contribution is 0.0600. The average Bonchev–Trinajstić information content (AvgIpc) is 2.55. The number of methoxy groups -OCH3 is 2. The third kappa shape index (κ3) is 3.44. The highest BCUT2D eigenvalue weighted by molar-refractivity contribution is 6.06. The van der Waals surface area contributed by atoms with E-state index in [1.807, 2.05) is 13.0 Å². The highest BCUT2D eigenvalue weighted by Gasteiger charge is 2.12. The van der Waals surface area contributed by atoms with Gasteiger partial charge in [0.2, 0.25) is 0 Å². The molecule has 2 aromatic carbocycles. The van der Waals surface area contributed by atoms with Crippen molar-refractivity contribution < 1.29 is 19.1 Å². The number of rotatable bonds is 4. The predicted octanol–water partition coefficient (Wildman–Crippen LogP) is 3.04. The topological polar surface area (TPSA) is 64.6 Å². The van der Waals surface area contributed by atoms with Crippen molar-refractivity contribution in [3.05, 3.63) is 59.2 Å². The Balaban J connectivity index is 2.20. The number of carbonyl (C=O) groups excluding carboxylic acids is 2. The molecule has 0 aliphatic rings. The molecule has 0 heterocycles. The summed E-state index contributed by atoms with van der Waals surface area (Å²) in [4.78, 5) is 23.8. The van der Waals surface area contributed by atoms with Gasteiger partial charge in [-0.1, -0.05) is 6.07 Å². The molecule has 5 nitrogen and oxygen atoms in total. The number of esters is 1. The smallest absolute Gasteiger partial charge is 0.337 e. The van der Waals surface area contributed by atoms with Crippen molar-refractivity contribution in [2.24, 2.45) is 0 Å². The third-order valence-electron chi connectivity index (χ3n) is 3.23. The van der Waals surface area contributed by atoms with E-state index in [4.69, 9.17) is 4.74 Å². The van der Waals surface area contributed by atoms with Crippen molar-refractivity contribution >= 4 is 17.6 Å². The van der Waals surface area contributed by atoms with Crippen LogP contribution in [-0.2, 0) is 4.74 Å². The van der Waals surface area contributed by atoms with Crippen molar-refractivity contribution in [3.63, 3.8) is 0 Å². The second kappa shape index (κ2) is 6.76. The van der Waals surface area contributed by atoms with Gasteiger partial charge in [0.25, 0.3) is 5.91 Å². The van der Waals surface area contributed by atoms with Gasteiger partial charge >= 0.3 is 5.97 Å². The number of carbonyl (C=O) groups is 2. The summed E-state index contributed by atoms with van der Waals surface area (Å²) in [7, 11) is 2.89. The second-order valence-corrected chi connectivity index (χ2v) is 4.71. The second-order valence-electron chi connectivity index (χ2n) is 4.71. The van der Waals surface area contributed by atoms with Crippen LogP contribution in [0.25, 0.3) is 0 Å². The normalized spacial score (nSPS) is 9.95. The molecule has 1 amide bonds. The van der Waals surface area contributed by atoms with E-state index in [1.54, 1.807) is 37.4 Å². The molecule has 0 saturated heterocycles. The molecule has 1 N–H and O–H groups in total. The number of aryl methyl sites for hydroxylation is 1. The summed E-state index contributed by atoms with van der Waals surface area (Å²) in [6, 6.07) is 11.8. The molecule has 22 heavy (non-hydrogen) atoms. The van der Waals surface area contributed by atoms with Crippen LogP contribution < -0.4 is 10.1 Å². The number of nitrogens with one attached hydrogen (secondary N) is 1. The van der Waals surface area contributed by atoms with Crippen LogP contribution in [0.1, 0.15) is 26.3 Å². The molecule has 114 valence electrons. The largest absolute Gasteiger partial charge is 0.497 e. The first-order valence-corrected chi connectivity index (χ1v) is 6.69. The lowest BCUT2D eigenvalue weighted by atomic mass is 10.1. The van der Waals surface area contributed by atoms with Crippen LogP contribution >= 0.6 is 0 Å². The predicted molar refractivity (Wildman–Crippen MR) is 83.5 cm³/mol. The summed E-state index contributed by atoms with van der Waals surface area (Å²) in [5.41, 5.74) is 2.30. The van der Waals surface area contributed by atoms with E-state index in [2.05, 4.69) is 10.1 Å². The SMILES string of the molecule is COC(=O)c1cccc(C(=O)Nc2ccc(OC)cc2C)c1. The van der Waals surface area contributed by atoms with Crippen molar-refractivity contribution in [3.8, 4) is 5.75 Å². The van der Waals surface area contributed by atoms with Crippen molar-refractivity contribution in [2.75, 3.05) is 19.5 Å².